The molecule has 0 unspecified atom stereocenters. The standard InChI is InChI=1S/C6H8N4O3S/c11-6(5-7-3-8-10-5)9-4-1-14(12,13)2-4/h3-4H,1-2H2,(H,9,11)(H,7,8,10). The lowest BCUT2D eigenvalue weighted by Crippen LogP contribution is -2.53. The molecule has 2 heterocycles. The van der Waals surface area contributed by atoms with Crippen molar-refractivity contribution < 1.29 is 13.2 Å². The summed E-state index contributed by atoms with van der Waals surface area (Å²) in [7, 11) is -2.91. The van der Waals surface area contributed by atoms with Crippen LogP contribution in [0.15, 0.2) is 6.33 Å². The van der Waals surface area contributed by atoms with Crippen LogP contribution in [0.4, 0.5) is 0 Å². The number of nitrogens with zero attached hydrogens (tertiary/aromatic N) is 2. The molecule has 0 saturated carbocycles. The van der Waals surface area contributed by atoms with Crippen molar-refractivity contribution in [2.75, 3.05) is 11.5 Å². The number of aromatic amines is 1. The number of amides is 1. The third kappa shape index (κ3) is 1.74. The zero-order chi connectivity index (χ0) is 10.2. The average molecular weight is 216 g/mol. The molecule has 76 valence electrons. The smallest absolute Gasteiger partial charge is 0.288 e. The van der Waals surface area contributed by atoms with E-state index in [0.29, 0.717) is 0 Å². The molecule has 1 saturated heterocycles. The molecule has 0 radical (unpaired) electrons. The van der Waals surface area contributed by atoms with E-state index in [1.165, 1.54) is 6.33 Å². The average Bonchev–Trinajstić information content (AvgIpc) is 2.51. The predicted molar refractivity (Wildman–Crippen MR) is 46.3 cm³/mol. The van der Waals surface area contributed by atoms with E-state index in [4.69, 9.17) is 0 Å². The van der Waals surface area contributed by atoms with Crippen LogP contribution in [0.2, 0.25) is 0 Å². The lowest BCUT2D eigenvalue weighted by Gasteiger charge is -2.25. The van der Waals surface area contributed by atoms with Crippen LogP contribution in [0.5, 0.6) is 0 Å². The fourth-order valence-corrected chi connectivity index (χ4v) is 2.51. The number of H-pyrrole nitrogens is 1. The summed E-state index contributed by atoms with van der Waals surface area (Å²) in [6.07, 6.45) is 1.21. The summed E-state index contributed by atoms with van der Waals surface area (Å²) in [6, 6.07) is -0.294. The highest BCUT2D eigenvalue weighted by Crippen LogP contribution is 2.10. The summed E-state index contributed by atoms with van der Waals surface area (Å²) >= 11 is 0. The molecule has 1 fully saturated rings. The number of carbonyl (C=O) groups is 1. The van der Waals surface area contributed by atoms with Gasteiger partial charge in [0, 0.05) is 0 Å². The van der Waals surface area contributed by atoms with Crippen LogP contribution in [0.3, 0.4) is 0 Å². The van der Waals surface area contributed by atoms with E-state index in [-0.39, 0.29) is 23.4 Å². The minimum absolute atomic E-state index is 0.00682. The maximum atomic E-state index is 11.3. The van der Waals surface area contributed by atoms with Crippen LogP contribution in [-0.2, 0) is 9.84 Å². The largest absolute Gasteiger partial charge is 0.345 e. The molecule has 0 aromatic carbocycles. The first-order chi connectivity index (χ1) is 6.57. The van der Waals surface area contributed by atoms with E-state index in [9.17, 15) is 13.2 Å². The number of rotatable bonds is 2. The van der Waals surface area contributed by atoms with Crippen molar-refractivity contribution in [3.63, 3.8) is 0 Å². The molecule has 0 aliphatic carbocycles. The maximum Gasteiger partial charge on any atom is 0.288 e. The van der Waals surface area contributed by atoms with E-state index < -0.39 is 15.7 Å². The monoisotopic (exact) mass is 216 g/mol. The lowest BCUT2D eigenvalue weighted by atomic mass is 10.3. The van der Waals surface area contributed by atoms with Crippen molar-refractivity contribution in [1.29, 1.82) is 0 Å². The summed E-state index contributed by atoms with van der Waals surface area (Å²) in [5.41, 5.74) is 0. The molecule has 1 aromatic rings. The van der Waals surface area contributed by atoms with Gasteiger partial charge in [0.2, 0.25) is 5.82 Å². The first-order valence-electron chi connectivity index (χ1n) is 3.93. The zero-order valence-electron chi connectivity index (χ0n) is 7.10. The van der Waals surface area contributed by atoms with Crippen LogP contribution >= 0.6 is 0 Å². The molecule has 1 aliphatic heterocycles. The number of nitrogens with one attached hydrogen (secondary N) is 2. The number of hydrogen-bond donors (Lipinski definition) is 2. The number of sulfone groups is 1. The van der Waals surface area contributed by atoms with Crippen molar-refractivity contribution >= 4 is 15.7 Å². The molecule has 8 heteroatoms. The van der Waals surface area contributed by atoms with Crippen molar-refractivity contribution in [2.24, 2.45) is 0 Å². The van der Waals surface area contributed by atoms with Crippen molar-refractivity contribution in [3.05, 3.63) is 12.2 Å². The van der Waals surface area contributed by atoms with Gasteiger partial charge < -0.3 is 5.32 Å². The Kier molecular flexibility index (Phi) is 1.99. The highest BCUT2D eigenvalue weighted by Gasteiger charge is 2.34. The molecule has 0 bridgehead atoms. The van der Waals surface area contributed by atoms with E-state index in [0.717, 1.165) is 0 Å². The maximum absolute atomic E-state index is 11.3. The minimum Gasteiger partial charge on any atom is -0.345 e. The van der Waals surface area contributed by atoms with Crippen molar-refractivity contribution in [2.45, 2.75) is 6.04 Å². The zero-order valence-corrected chi connectivity index (χ0v) is 7.91. The number of carbonyl (C=O) groups excluding carboxylic acids is 1. The van der Waals surface area contributed by atoms with Gasteiger partial charge in [-0.25, -0.2) is 13.4 Å². The molecule has 1 aromatic heterocycles. The second-order valence-corrected chi connectivity index (χ2v) is 5.24. The fraction of sp³-hybridized carbons (Fsp3) is 0.500. The molecule has 14 heavy (non-hydrogen) atoms. The number of hydrogen-bond acceptors (Lipinski definition) is 5. The van der Waals surface area contributed by atoms with Gasteiger partial charge >= 0.3 is 0 Å². The number of aromatic nitrogens is 3. The van der Waals surface area contributed by atoms with Gasteiger partial charge in [0.1, 0.15) is 6.33 Å². The minimum atomic E-state index is -2.91. The molecule has 1 aliphatic rings. The Labute approximate surface area is 79.8 Å². The van der Waals surface area contributed by atoms with Crippen molar-refractivity contribution in [3.8, 4) is 0 Å². The van der Waals surface area contributed by atoms with Crippen molar-refractivity contribution in [1.82, 2.24) is 20.5 Å². The van der Waals surface area contributed by atoms with Gasteiger partial charge in [-0.3, -0.25) is 9.89 Å². The third-order valence-corrected chi connectivity index (χ3v) is 3.70. The highest BCUT2D eigenvalue weighted by atomic mass is 32.2. The first kappa shape index (κ1) is 9.13. The summed E-state index contributed by atoms with van der Waals surface area (Å²) in [6.45, 7) is 0. The second-order valence-electron chi connectivity index (χ2n) is 3.08. The Hall–Kier alpha value is -1.44. The Bertz CT molecular complexity index is 426. The molecule has 1 amide bonds. The molecule has 7 nitrogen and oxygen atoms in total. The lowest BCUT2D eigenvalue weighted by molar-refractivity contribution is 0.0932. The quantitative estimate of drug-likeness (QED) is 0.615. The van der Waals surface area contributed by atoms with E-state index in [2.05, 4.69) is 20.5 Å². The Morgan fingerprint density at radius 3 is 2.79 bits per heavy atom. The Balaban J connectivity index is 1.92. The molecule has 2 N–H and O–H groups in total. The first-order valence-corrected chi connectivity index (χ1v) is 5.75. The Morgan fingerprint density at radius 1 is 1.57 bits per heavy atom. The summed E-state index contributed by atoms with van der Waals surface area (Å²) in [5.74, 6) is -0.323. The normalized spacial score (nSPS) is 20.0. The topological polar surface area (TPSA) is 105 Å². The van der Waals surface area contributed by atoms with Crippen LogP contribution < -0.4 is 5.32 Å². The summed E-state index contributed by atoms with van der Waals surface area (Å²) in [4.78, 5) is 14.9. The van der Waals surface area contributed by atoms with Gasteiger partial charge in [-0.05, 0) is 0 Å². The SMILES string of the molecule is O=C(NC1CS(=O)(=O)C1)c1ncn[nH]1. The third-order valence-electron chi connectivity index (χ3n) is 1.88. The van der Waals surface area contributed by atoms with Gasteiger partial charge in [-0.1, -0.05) is 0 Å². The summed E-state index contributed by atoms with van der Waals surface area (Å²) in [5, 5.41) is 8.42. The van der Waals surface area contributed by atoms with Crippen LogP contribution in [0.25, 0.3) is 0 Å². The van der Waals surface area contributed by atoms with Crippen LogP contribution in [0.1, 0.15) is 10.6 Å². The molecular weight excluding hydrogens is 208 g/mol. The fourth-order valence-electron chi connectivity index (χ4n) is 1.22. The van der Waals surface area contributed by atoms with Crippen LogP contribution in [0, 0.1) is 0 Å². The molecule has 0 atom stereocenters. The van der Waals surface area contributed by atoms with Gasteiger partial charge in [-0.15, -0.1) is 0 Å². The van der Waals surface area contributed by atoms with Gasteiger partial charge in [0.25, 0.3) is 5.91 Å². The van der Waals surface area contributed by atoms with E-state index >= 15 is 0 Å². The summed E-state index contributed by atoms with van der Waals surface area (Å²) < 4.78 is 21.6. The van der Waals surface area contributed by atoms with Gasteiger partial charge in [0.15, 0.2) is 9.84 Å². The Morgan fingerprint density at radius 2 is 2.29 bits per heavy atom. The van der Waals surface area contributed by atoms with E-state index in [1.807, 2.05) is 0 Å². The highest BCUT2D eigenvalue weighted by molar-refractivity contribution is 7.92. The van der Waals surface area contributed by atoms with E-state index in [1.54, 1.807) is 0 Å². The molecule has 0 spiro atoms. The second kappa shape index (κ2) is 3.05. The van der Waals surface area contributed by atoms with Crippen LogP contribution in [-0.4, -0.2) is 47.1 Å². The predicted octanol–water partition coefficient (Wildman–Crippen LogP) is -1.67. The molecule has 2 rings (SSSR count). The van der Waals surface area contributed by atoms with Gasteiger partial charge in [-0.2, -0.15) is 5.10 Å². The van der Waals surface area contributed by atoms with Gasteiger partial charge in [0.05, 0.1) is 17.5 Å². The molecular formula is C6H8N4O3S.